The maximum atomic E-state index is 12.1. The maximum absolute atomic E-state index is 12.1. The van der Waals surface area contributed by atoms with Gasteiger partial charge in [-0.05, 0) is 44.0 Å². The van der Waals surface area contributed by atoms with E-state index in [9.17, 15) is 4.79 Å². The van der Waals surface area contributed by atoms with Gasteiger partial charge in [0, 0.05) is 49.9 Å². The zero-order valence-corrected chi connectivity index (χ0v) is 18.0. The van der Waals surface area contributed by atoms with Crippen molar-refractivity contribution in [1.82, 2.24) is 10.6 Å². The van der Waals surface area contributed by atoms with Gasteiger partial charge in [0.05, 0.1) is 13.2 Å². The second-order valence-corrected chi connectivity index (χ2v) is 6.82. The first kappa shape index (κ1) is 23.4. The number of carbonyl (C=O) groups is 1. The molecule has 0 fully saturated rings. The molecule has 0 aromatic heterocycles. The third-order valence-electron chi connectivity index (χ3n) is 3.60. The second-order valence-electron chi connectivity index (χ2n) is 5.90. The molecular formula is C19H31BrN4O3. The molecule has 0 saturated heterocycles. The first-order valence-electron chi connectivity index (χ1n) is 9.21. The number of aliphatic imine (C=N–C) groups is 1. The summed E-state index contributed by atoms with van der Waals surface area (Å²) in [5, 5.41) is 9.29. The lowest BCUT2D eigenvalue weighted by atomic mass is 10.2. The number of benzene rings is 1. The average Bonchev–Trinajstić information content (AvgIpc) is 2.63. The Morgan fingerprint density at radius 1 is 1.22 bits per heavy atom. The Hall–Kier alpha value is -1.64. The van der Waals surface area contributed by atoms with E-state index in [1.54, 1.807) is 7.11 Å². The van der Waals surface area contributed by atoms with E-state index in [-0.39, 0.29) is 5.91 Å². The van der Waals surface area contributed by atoms with Crippen molar-refractivity contribution in [2.45, 2.75) is 26.7 Å². The van der Waals surface area contributed by atoms with E-state index in [1.165, 1.54) is 0 Å². The van der Waals surface area contributed by atoms with Crippen LogP contribution in [0.1, 0.15) is 25.3 Å². The van der Waals surface area contributed by atoms with Crippen molar-refractivity contribution in [3.8, 4) is 0 Å². The molecule has 0 radical (unpaired) electrons. The lowest BCUT2D eigenvalue weighted by molar-refractivity contribution is -0.116. The van der Waals surface area contributed by atoms with Gasteiger partial charge < -0.3 is 25.4 Å². The maximum Gasteiger partial charge on any atom is 0.226 e. The average molecular weight is 443 g/mol. The molecule has 3 N–H and O–H groups in total. The van der Waals surface area contributed by atoms with E-state index in [0.717, 1.165) is 28.7 Å². The number of nitrogens with zero attached hydrogens (tertiary/aromatic N) is 1. The number of guanidine groups is 1. The Balaban J connectivity index is 2.30. The summed E-state index contributed by atoms with van der Waals surface area (Å²) >= 11 is 3.42. The molecule has 7 nitrogen and oxygen atoms in total. The van der Waals surface area contributed by atoms with Gasteiger partial charge in [0.25, 0.3) is 0 Å². The number of anilines is 1. The van der Waals surface area contributed by atoms with Crippen LogP contribution in [0.3, 0.4) is 0 Å². The molecule has 1 aromatic carbocycles. The molecule has 27 heavy (non-hydrogen) atoms. The summed E-state index contributed by atoms with van der Waals surface area (Å²) in [5.74, 6) is 0.678. The van der Waals surface area contributed by atoms with Crippen LogP contribution >= 0.6 is 15.9 Å². The Kier molecular flexibility index (Phi) is 12.5. The normalized spacial score (nSPS) is 11.3. The molecule has 1 rings (SSSR count). The molecule has 0 aliphatic carbocycles. The van der Waals surface area contributed by atoms with Crippen LogP contribution in [0.4, 0.5) is 5.69 Å². The Morgan fingerprint density at radius 2 is 2.04 bits per heavy atom. The molecule has 0 bridgehead atoms. The van der Waals surface area contributed by atoms with Crippen LogP contribution in [0.15, 0.2) is 27.7 Å². The summed E-state index contributed by atoms with van der Waals surface area (Å²) in [5.41, 5.74) is 1.85. The third kappa shape index (κ3) is 10.9. The minimum atomic E-state index is -0.0321. The van der Waals surface area contributed by atoms with Gasteiger partial charge in [0.1, 0.15) is 0 Å². The number of aryl methyl sites for hydroxylation is 1. The Labute approximate surface area is 170 Å². The van der Waals surface area contributed by atoms with Gasteiger partial charge in [-0.1, -0.05) is 15.9 Å². The van der Waals surface area contributed by atoms with Gasteiger partial charge in [-0.25, -0.2) is 0 Å². The second kappa shape index (κ2) is 14.4. The zero-order valence-electron chi connectivity index (χ0n) is 16.4. The molecule has 0 spiro atoms. The van der Waals surface area contributed by atoms with Gasteiger partial charge in [-0.15, -0.1) is 0 Å². The number of rotatable bonds is 12. The van der Waals surface area contributed by atoms with Crippen LogP contribution < -0.4 is 16.0 Å². The van der Waals surface area contributed by atoms with Crippen molar-refractivity contribution in [1.29, 1.82) is 0 Å². The fraction of sp³-hybridized carbons (Fsp3) is 0.579. The Morgan fingerprint density at radius 3 is 2.74 bits per heavy atom. The lowest BCUT2D eigenvalue weighted by Crippen LogP contribution is -2.38. The minimum Gasteiger partial charge on any atom is -0.382 e. The summed E-state index contributed by atoms with van der Waals surface area (Å²) in [6.45, 7) is 7.77. The first-order valence-corrected chi connectivity index (χ1v) is 10.0. The van der Waals surface area contributed by atoms with Gasteiger partial charge in [-0.3, -0.25) is 9.79 Å². The molecule has 8 heteroatoms. The van der Waals surface area contributed by atoms with Crippen LogP contribution in [-0.2, 0) is 14.3 Å². The predicted octanol–water partition coefficient (Wildman–Crippen LogP) is 2.69. The minimum absolute atomic E-state index is 0.0321. The Bertz CT molecular complexity index is 596. The van der Waals surface area contributed by atoms with E-state index < -0.39 is 0 Å². The molecule has 0 aliphatic heterocycles. The highest BCUT2D eigenvalue weighted by Crippen LogP contribution is 2.19. The van der Waals surface area contributed by atoms with E-state index in [0.29, 0.717) is 45.3 Å². The van der Waals surface area contributed by atoms with Gasteiger partial charge in [0.2, 0.25) is 5.91 Å². The summed E-state index contributed by atoms with van der Waals surface area (Å²) < 4.78 is 11.3. The number of amides is 1. The van der Waals surface area contributed by atoms with Crippen molar-refractivity contribution >= 4 is 33.5 Å². The summed E-state index contributed by atoms with van der Waals surface area (Å²) in [6.07, 6.45) is 1.20. The highest BCUT2D eigenvalue weighted by Gasteiger charge is 2.06. The molecule has 0 unspecified atom stereocenters. The number of carbonyl (C=O) groups excluding carboxylic acids is 1. The molecular weight excluding hydrogens is 412 g/mol. The highest BCUT2D eigenvalue weighted by atomic mass is 79.9. The SMILES string of the molecule is CCNC(=NCCCOCCOC)NCCC(=O)Nc1ccc(Br)cc1C. The van der Waals surface area contributed by atoms with Crippen LogP contribution in [0, 0.1) is 6.92 Å². The van der Waals surface area contributed by atoms with Crippen LogP contribution in [0.5, 0.6) is 0 Å². The molecule has 1 amide bonds. The van der Waals surface area contributed by atoms with Crippen molar-refractivity contribution in [3.63, 3.8) is 0 Å². The van der Waals surface area contributed by atoms with Crippen molar-refractivity contribution < 1.29 is 14.3 Å². The molecule has 0 aliphatic rings. The third-order valence-corrected chi connectivity index (χ3v) is 4.09. The number of methoxy groups -OCH3 is 1. The number of halogens is 1. The first-order chi connectivity index (χ1) is 13.1. The van der Waals surface area contributed by atoms with Crippen LogP contribution in [0.25, 0.3) is 0 Å². The number of hydrogen-bond acceptors (Lipinski definition) is 4. The van der Waals surface area contributed by atoms with Gasteiger partial charge in [0.15, 0.2) is 5.96 Å². The molecule has 0 atom stereocenters. The molecule has 0 saturated carbocycles. The van der Waals surface area contributed by atoms with Crippen molar-refractivity contribution in [2.24, 2.45) is 4.99 Å². The van der Waals surface area contributed by atoms with E-state index >= 15 is 0 Å². The largest absolute Gasteiger partial charge is 0.382 e. The fourth-order valence-electron chi connectivity index (χ4n) is 2.22. The monoisotopic (exact) mass is 442 g/mol. The number of ether oxygens (including phenoxy) is 2. The quantitative estimate of drug-likeness (QED) is 0.263. The predicted molar refractivity (Wildman–Crippen MR) is 113 cm³/mol. The van der Waals surface area contributed by atoms with Crippen LogP contribution in [-0.4, -0.2) is 58.4 Å². The van der Waals surface area contributed by atoms with E-state index in [2.05, 4.69) is 36.9 Å². The van der Waals surface area contributed by atoms with Gasteiger partial charge >= 0.3 is 0 Å². The fourth-order valence-corrected chi connectivity index (χ4v) is 2.69. The number of hydrogen-bond donors (Lipinski definition) is 3. The summed E-state index contributed by atoms with van der Waals surface area (Å²) in [7, 11) is 1.66. The zero-order chi connectivity index (χ0) is 19.9. The lowest BCUT2D eigenvalue weighted by Gasteiger charge is -2.12. The van der Waals surface area contributed by atoms with Crippen molar-refractivity contribution in [3.05, 3.63) is 28.2 Å². The van der Waals surface area contributed by atoms with Gasteiger partial charge in [-0.2, -0.15) is 0 Å². The van der Waals surface area contributed by atoms with Crippen LogP contribution in [0.2, 0.25) is 0 Å². The van der Waals surface area contributed by atoms with Crippen molar-refractivity contribution in [2.75, 3.05) is 51.9 Å². The summed E-state index contributed by atoms with van der Waals surface area (Å²) in [4.78, 5) is 16.6. The molecule has 1 aromatic rings. The number of nitrogens with one attached hydrogen (secondary N) is 3. The smallest absolute Gasteiger partial charge is 0.226 e. The summed E-state index contributed by atoms with van der Waals surface area (Å²) in [6, 6.07) is 5.78. The molecule has 152 valence electrons. The van der Waals surface area contributed by atoms with E-state index in [1.807, 2.05) is 32.0 Å². The standard InChI is InChI=1S/C19H31BrN4O3/c1-4-21-19(22-9-5-11-27-13-12-26-3)23-10-8-18(25)24-17-7-6-16(20)14-15(17)2/h6-7,14H,4-5,8-13H2,1-3H3,(H,24,25)(H2,21,22,23). The topological polar surface area (TPSA) is 84.0 Å². The van der Waals surface area contributed by atoms with E-state index in [4.69, 9.17) is 9.47 Å². The molecule has 0 heterocycles. The highest BCUT2D eigenvalue weighted by molar-refractivity contribution is 9.10.